The number of amides is 1. The van der Waals surface area contributed by atoms with Crippen LogP contribution >= 0.6 is 0 Å². The molecule has 0 bridgehead atoms. The second-order valence-corrected chi connectivity index (χ2v) is 3.11. The number of H-pyrrole nitrogens is 1. The number of hydrogen-bond donors (Lipinski definition) is 3. The maximum Gasteiger partial charge on any atom is 0.309 e. The van der Waals surface area contributed by atoms with Crippen LogP contribution in [0.5, 0.6) is 0 Å². The van der Waals surface area contributed by atoms with Crippen LogP contribution in [0.3, 0.4) is 0 Å². The standard InChI is InChI=1S/C8H10N4O3/c1-2-12-7(13)8(14,15)6(11-12)5-3-4-9-10-5/h3-4,14-15H,2H2,1H3,(H,9,10). The average molecular weight is 210 g/mol. The van der Waals surface area contributed by atoms with E-state index in [9.17, 15) is 15.0 Å². The minimum atomic E-state index is -2.57. The number of hydrazone groups is 1. The zero-order chi connectivity index (χ0) is 11.1. The Morgan fingerprint density at radius 3 is 2.80 bits per heavy atom. The van der Waals surface area contributed by atoms with Crippen molar-refractivity contribution < 1.29 is 15.0 Å². The molecule has 1 aromatic rings. The molecule has 1 amide bonds. The van der Waals surface area contributed by atoms with Gasteiger partial charge in [0.15, 0.2) is 5.71 Å². The highest BCUT2D eigenvalue weighted by atomic mass is 16.5. The molecule has 0 saturated carbocycles. The van der Waals surface area contributed by atoms with Crippen LogP contribution in [0.15, 0.2) is 17.4 Å². The summed E-state index contributed by atoms with van der Waals surface area (Å²) in [5.74, 6) is -3.42. The molecule has 15 heavy (non-hydrogen) atoms. The number of nitrogens with zero attached hydrogens (tertiary/aromatic N) is 3. The lowest BCUT2D eigenvalue weighted by atomic mass is 10.1. The van der Waals surface area contributed by atoms with Crippen LogP contribution in [0.1, 0.15) is 12.6 Å². The van der Waals surface area contributed by atoms with E-state index in [1.54, 1.807) is 6.92 Å². The molecule has 1 aliphatic rings. The van der Waals surface area contributed by atoms with Crippen LogP contribution in [0.2, 0.25) is 0 Å². The molecule has 7 nitrogen and oxygen atoms in total. The van der Waals surface area contributed by atoms with Gasteiger partial charge in [-0.25, -0.2) is 5.01 Å². The van der Waals surface area contributed by atoms with Gasteiger partial charge in [-0.2, -0.15) is 10.2 Å². The fourth-order valence-corrected chi connectivity index (χ4v) is 1.36. The lowest BCUT2D eigenvalue weighted by molar-refractivity contribution is -0.167. The zero-order valence-corrected chi connectivity index (χ0v) is 8.01. The summed E-state index contributed by atoms with van der Waals surface area (Å²) in [4.78, 5) is 11.4. The minimum Gasteiger partial charge on any atom is -0.353 e. The van der Waals surface area contributed by atoms with E-state index in [1.165, 1.54) is 12.3 Å². The molecule has 0 aromatic carbocycles. The summed E-state index contributed by atoms with van der Waals surface area (Å²) < 4.78 is 0. The summed E-state index contributed by atoms with van der Waals surface area (Å²) >= 11 is 0. The molecule has 0 spiro atoms. The van der Waals surface area contributed by atoms with Crippen LogP contribution in [0.4, 0.5) is 0 Å². The lowest BCUT2D eigenvalue weighted by Crippen LogP contribution is -2.46. The van der Waals surface area contributed by atoms with Crippen molar-refractivity contribution in [3.8, 4) is 0 Å². The molecule has 2 rings (SSSR count). The highest BCUT2D eigenvalue weighted by Crippen LogP contribution is 2.21. The highest BCUT2D eigenvalue weighted by molar-refractivity contribution is 6.19. The van der Waals surface area contributed by atoms with Crippen molar-refractivity contribution in [1.82, 2.24) is 15.2 Å². The molecule has 2 heterocycles. The summed E-state index contributed by atoms with van der Waals surface area (Å²) in [7, 11) is 0. The van der Waals surface area contributed by atoms with Crippen molar-refractivity contribution in [2.24, 2.45) is 5.10 Å². The molecule has 0 saturated heterocycles. The van der Waals surface area contributed by atoms with E-state index in [-0.39, 0.29) is 12.3 Å². The first kappa shape index (κ1) is 9.81. The van der Waals surface area contributed by atoms with Crippen LogP contribution in [-0.4, -0.2) is 49.4 Å². The van der Waals surface area contributed by atoms with Gasteiger partial charge in [0.05, 0.1) is 5.69 Å². The van der Waals surface area contributed by atoms with Crippen molar-refractivity contribution in [3.63, 3.8) is 0 Å². The van der Waals surface area contributed by atoms with Crippen LogP contribution in [0, 0.1) is 0 Å². The average Bonchev–Trinajstić information content (AvgIpc) is 2.76. The Bertz CT molecular complexity index is 410. The Kier molecular flexibility index (Phi) is 2.06. The Morgan fingerprint density at radius 1 is 1.60 bits per heavy atom. The van der Waals surface area contributed by atoms with Gasteiger partial charge in [0.25, 0.3) is 5.79 Å². The molecule has 0 fully saturated rings. The van der Waals surface area contributed by atoms with Crippen molar-refractivity contribution in [2.45, 2.75) is 12.7 Å². The van der Waals surface area contributed by atoms with Gasteiger partial charge in [0, 0.05) is 12.7 Å². The van der Waals surface area contributed by atoms with Crippen molar-refractivity contribution in [3.05, 3.63) is 18.0 Å². The third kappa shape index (κ3) is 1.32. The normalized spacial score (nSPS) is 19.5. The Labute approximate surface area is 85.0 Å². The lowest BCUT2D eigenvalue weighted by Gasteiger charge is -2.14. The Morgan fingerprint density at radius 2 is 2.33 bits per heavy atom. The second-order valence-electron chi connectivity index (χ2n) is 3.11. The Hall–Kier alpha value is -1.73. The molecule has 0 radical (unpaired) electrons. The molecule has 1 aliphatic heterocycles. The molecule has 0 unspecified atom stereocenters. The number of carbonyl (C=O) groups is 1. The van der Waals surface area contributed by atoms with E-state index in [0.717, 1.165) is 5.01 Å². The third-order valence-electron chi connectivity index (χ3n) is 2.14. The zero-order valence-electron chi connectivity index (χ0n) is 8.01. The first-order valence-electron chi connectivity index (χ1n) is 4.43. The molecular weight excluding hydrogens is 200 g/mol. The van der Waals surface area contributed by atoms with E-state index < -0.39 is 11.7 Å². The molecule has 0 aliphatic carbocycles. The van der Waals surface area contributed by atoms with Gasteiger partial charge in [-0.15, -0.1) is 0 Å². The SMILES string of the molecule is CCN1N=C(c2ccn[nH]2)C(O)(O)C1=O. The smallest absolute Gasteiger partial charge is 0.309 e. The second kappa shape index (κ2) is 3.14. The van der Waals surface area contributed by atoms with Crippen molar-refractivity contribution >= 4 is 11.6 Å². The maximum absolute atomic E-state index is 11.4. The van der Waals surface area contributed by atoms with Gasteiger partial charge in [-0.05, 0) is 13.0 Å². The molecule has 80 valence electrons. The van der Waals surface area contributed by atoms with E-state index >= 15 is 0 Å². The third-order valence-corrected chi connectivity index (χ3v) is 2.14. The summed E-state index contributed by atoms with van der Waals surface area (Å²) in [6.45, 7) is 1.96. The van der Waals surface area contributed by atoms with Gasteiger partial charge in [-0.3, -0.25) is 9.89 Å². The summed E-state index contributed by atoms with van der Waals surface area (Å²) in [6.07, 6.45) is 1.44. The van der Waals surface area contributed by atoms with E-state index in [1.807, 2.05) is 0 Å². The monoisotopic (exact) mass is 210 g/mol. The van der Waals surface area contributed by atoms with E-state index in [0.29, 0.717) is 5.69 Å². The predicted octanol–water partition coefficient (Wildman–Crippen LogP) is -1.34. The van der Waals surface area contributed by atoms with Crippen molar-refractivity contribution in [2.75, 3.05) is 6.54 Å². The van der Waals surface area contributed by atoms with Crippen molar-refractivity contribution in [1.29, 1.82) is 0 Å². The minimum absolute atomic E-state index is 0.133. The number of nitrogens with one attached hydrogen (secondary N) is 1. The number of aromatic nitrogens is 2. The fraction of sp³-hybridized carbons (Fsp3) is 0.375. The quantitative estimate of drug-likeness (QED) is 0.525. The first-order chi connectivity index (χ1) is 7.07. The summed E-state index contributed by atoms with van der Waals surface area (Å²) in [5, 5.41) is 30.1. The number of hydrogen-bond acceptors (Lipinski definition) is 5. The first-order valence-corrected chi connectivity index (χ1v) is 4.43. The van der Waals surface area contributed by atoms with Gasteiger partial charge in [0.1, 0.15) is 0 Å². The molecule has 3 N–H and O–H groups in total. The fourth-order valence-electron chi connectivity index (χ4n) is 1.36. The van der Waals surface area contributed by atoms with Gasteiger partial charge in [-0.1, -0.05) is 0 Å². The predicted molar refractivity (Wildman–Crippen MR) is 49.7 cm³/mol. The largest absolute Gasteiger partial charge is 0.353 e. The number of aliphatic hydroxyl groups is 2. The van der Waals surface area contributed by atoms with Crippen LogP contribution in [-0.2, 0) is 4.79 Å². The maximum atomic E-state index is 11.4. The molecular formula is C8H10N4O3. The number of aromatic amines is 1. The number of carbonyl (C=O) groups excluding carboxylic acids is 1. The summed E-state index contributed by atoms with van der Waals surface area (Å²) in [6, 6.07) is 1.51. The van der Waals surface area contributed by atoms with Crippen LogP contribution < -0.4 is 0 Å². The number of rotatable bonds is 2. The van der Waals surface area contributed by atoms with Gasteiger partial charge >= 0.3 is 5.91 Å². The highest BCUT2D eigenvalue weighted by Gasteiger charge is 2.49. The number of likely N-dealkylation sites (N-methyl/N-ethyl adjacent to an activating group) is 1. The van der Waals surface area contributed by atoms with E-state index in [4.69, 9.17) is 0 Å². The molecule has 1 aromatic heterocycles. The summed E-state index contributed by atoms with van der Waals surface area (Å²) in [5.41, 5.74) is 0.177. The van der Waals surface area contributed by atoms with Gasteiger partial charge in [0.2, 0.25) is 0 Å². The van der Waals surface area contributed by atoms with E-state index in [2.05, 4.69) is 15.3 Å². The molecule has 0 atom stereocenters. The molecule has 7 heteroatoms. The Balaban J connectivity index is 2.44. The van der Waals surface area contributed by atoms with Crippen LogP contribution in [0.25, 0.3) is 0 Å². The van der Waals surface area contributed by atoms with Gasteiger partial charge < -0.3 is 10.2 Å². The topological polar surface area (TPSA) is 102 Å².